The Morgan fingerprint density at radius 1 is 1.09 bits per heavy atom. The molecule has 0 saturated heterocycles. The number of nitrogens with zero attached hydrogens (tertiary/aromatic N) is 1. The predicted octanol–water partition coefficient (Wildman–Crippen LogP) is 1.74. The second-order valence-electron chi connectivity index (χ2n) is 13.3. The summed E-state index contributed by atoms with van der Waals surface area (Å²) in [5.74, 6) is 0.684. The van der Waals surface area contributed by atoms with Crippen LogP contribution in [-0.4, -0.2) is 78.5 Å². The third-order valence-corrected chi connectivity index (χ3v) is 10.9. The number of carbonyl (C=O) groups excluding carboxylic acids is 1. The average molecular weight is 627 g/mol. The van der Waals surface area contributed by atoms with Crippen LogP contribution in [-0.2, 0) is 25.0 Å². The van der Waals surface area contributed by atoms with Crippen molar-refractivity contribution in [3.8, 4) is 11.5 Å². The highest BCUT2D eigenvalue weighted by atomic mass is 35.5. The van der Waals surface area contributed by atoms with E-state index in [0.29, 0.717) is 49.2 Å². The maximum atomic E-state index is 13.6. The molecule has 1 spiro atoms. The molecule has 4 atom stereocenters. The van der Waals surface area contributed by atoms with Crippen LogP contribution in [0.5, 0.6) is 11.5 Å². The summed E-state index contributed by atoms with van der Waals surface area (Å²) in [7, 11) is -0.682. The van der Waals surface area contributed by atoms with Crippen LogP contribution in [0.15, 0.2) is 53.4 Å². The van der Waals surface area contributed by atoms with Gasteiger partial charge in [0.15, 0.2) is 0 Å². The van der Waals surface area contributed by atoms with Gasteiger partial charge in [-0.15, -0.1) is 0 Å². The SMILES string of the molecule is BC1(B)/C=C/[C@H](O)[C@@H]2CC[C@H]2CN2C[C@@]3(CCOc4cc(Cl)ccc43)COc3ccc(cc32)S(=O)(=O)NC(=O)C(C)(C)O1. The number of hydrogen-bond donors (Lipinski definition) is 2. The van der Waals surface area contributed by atoms with Crippen LogP contribution in [0.3, 0.4) is 0 Å². The largest absolute Gasteiger partial charge is 0.493 e. The van der Waals surface area contributed by atoms with E-state index in [0.717, 1.165) is 24.2 Å². The molecule has 0 unspecified atom stereocenters. The van der Waals surface area contributed by atoms with Crippen molar-refractivity contribution in [2.24, 2.45) is 11.8 Å². The Bertz CT molecular complexity index is 1580. The lowest BCUT2D eigenvalue weighted by Gasteiger charge is -2.45. The molecule has 3 aliphatic heterocycles. The van der Waals surface area contributed by atoms with Gasteiger partial charge in [-0.3, -0.25) is 4.79 Å². The molecule has 2 aromatic carbocycles. The number of carbonyl (C=O) groups is 1. The van der Waals surface area contributed by atoms with Crippen molar-refractivity contribution in [3.05, 3.63) is 59.1 Å². The minimum absolute atomic E-state index is 0.0209. The van der Waals surface area contributed by atoms with Crippen LogP contribution < -0.4 is 19.1 Å². The summed E-state index contributed by atoms with van der Waals surface area (Å²) in [5.41, 5.74) is -0.280. The zero-order valence-corrected chi connectivity index (χ0v) is 26.5. The van der Waals surface area contributed by atoms with Gasteiger partial charge in [0.1, 0.15) is 32.8 Å². The Kier molecular flexibility index (Phi) is 7.59. The third-order valence-electron chi connectivity index (χ3n) is 9.29. The number of aliphatic hydroxyl groups is 1. The molecule has 1 fully saturated rings. The Morgan fingerprint density at radius 2 is 1.88 bits per heavy atom. The Hall–Kier alpha value is -2.66. The van der Waals surface area contributed by atoms with Crippen molar-refractivity contribution >= 4 is 48.9 Å². The van der Waals surface area contributed by atoms with Gasteiger partial charge in [-0.1, -0.05) is 29.8 Å². The van der Waals surface area contributed by atoms with Gasteiger partial charge in [0.05, 0.1) is 35.3 Å². The highest BCUT2D eigenvalue weighted by molar-refractivity contribution is 7.90. The Labute approximate surface area is 259 Å². The summed E-state index contributed by atoms with van der Waals surface area (Å²) in [6.45, 7) is 5.07. The van der Waals surface area contributed by atoms with E-state index in [4.69, 9.17) is 25.8 Å². The van der Waals surface area contributed by atoms with Crippen molar-refractivity contribution in [1.29, 1.82) is 0 Å². The number of nitrogens with one attached hydrogen (secondary N) is 1. The highest BCUT2D eigenvalue weighted by Gasteiger charge is 2.45. The average Bonchev–Trinajstić information content (AvgIpc) is 3.06. The fourth-order valence-corrected chi connectivity index (χ4v) is 8.12. The highest BCUT2D eigenvalue weighted by Crippen LogP contribution is 2.47. The summed E-state index contributed by atoms with van der Waals surface area (Å²) in [5, 5.41) is 10.9. The van der Waals surface area contributed by atoms with E-state index < -0.39 is 38.5 Å². The minimum atomic E-state index is -4.24. The molecule has 1 amide bonds. The lowest BCUT2D eigenvalue weighted by Crippen LogP contribution is -2.52. The lowest BCUT2D eigenvalue weighted by molar-refractivity contribution is -0.143. The number of amides is 1. The second kappa shape index (κ2) is 10.8. The third kappa shape index (κ3) is 5.79. The Morgan fingerprint density at radius 3 is 2.63 bits per heavy atom. The van der Waals surface area contributed by atoms with Crippen molar-refractivity contribution in [2.75, 3.05) is 31.2 Å². The van der Waals surface area contributed by atoms with Crippen LogP contribution in [0.2, 0.25) is 5.02 Å². The molecule has 3 heterocycles. The molecule has 4 aliphatic rings. The molecule has 1 saturated carbocycles. The topological polar surface area (TPSA) is 114 Å². The van der Waals surface area contributed by atoms with Gasteiger partial charge in [-0.25, -0.2) is 13.1 Å². The van der Waals surface area contributed by atoms with E-state index >= 15 is 0 Å². The maximum Gasteiger partial charge on any atom is 0.265 e. The molecule has 13 heteroatoms. The van der Waals surface area contributed by atoms with Gasteiger partial charge in [-0.05, 0) is 75.3 Å². The summed E-state index contributed by atoms with van der Waals surface area (Å²) in [6.07, 6.45) is 5.31. The second-order valence-corrected chi connectivity index (χ2v) is 15.4. The van der Waals surface area contributed by atoms with E-state index in [1.807, 2.05) is 18.2 Å². The van der Waals surface area contributed by atoms with Crippen LogP contribution in [0.4, 0.5) is 5.69 Å². The monoisotopic (exact) mass is 626 g/mol. The summed E-state index contributed by atoms with van der Waals surface area (Å²) < 4.78 is 47.9. The van der Waals surface area contributed by atoms with Gasteiger partial charge in [-0.2, -0.15) is 0 Å². The smallest absolute Gasteiger partial charge is 0.265 e. The van der Waals surface area contributed by atoms with Crippen LogP contribution >= 0.6 is 11.6 Å². The first-order valence-corrected chi connectivity index (χ1v) is 16.6. The number of fused-ring (bicyclic) bond motifs is 4. The molecular weight excluding hydrogens is 589 g/mol. The molecule has 0 radical (unpaired) electrons. The van der Waals surface area contributed by atoms with E-state index in [2.05, 4.69) is 9.62 Å². The number of hydrogen-bond acceptors (Lipinski definition) is 8. The zero-order valence-electron chi connectivity index (χ0n) is 24.9. The zero-order chi connectivity index (χ0) is 30.8. The van der Waals surface area contributed by atoms with Gasteiger partial charge in [0, 0.05) is 29.1 Å². The van der Waals surface area contributed by atoms with Gasteiger partial charge < -0.3 is 24.2 Å². The van der Waals surface area contributed by atoms with Gasteiger partial charge >= 0.3 is 0 Å². The minimum Gasteiger partial charge on any atom is -0.493 e. The fourth-order valence-electron chi connectivity index (χ4n) is 6.84. The van der Waals surface area contributed by atoms with Gasteiger partial charge in [0.2, 0.25) is 0 Å². The molecule has 228 valence electrons. The van der Waals surface area contributed by atoms with Crippen LogP contribution in [0.25, 0.3) is 0 Å². The standard InChI is InChI=1S/C30H37B2ClN2O7S/c1-28(2)27(37)34-43(38,39)20-5-8-25-23(14-20)35(15-18-3-6-21(18)24(36)9-10-30(31,32)42-28)16-29(17-41-25)11-12-40-26-13-19(33)4-7-22(26)29/h4-5,7-10,13-14,18,21,24,36H,3,6,11-12,15-17,31-32H2,1-2H3,(H,34,37)/b10-9+/t18-,21+,24-,29-/m0/s1. The van der Waals surface area contributed by atoms with E-state index in [-0.39, 0.29) is 16.7 Å². The van der Waals surface area contributed by atoms with E-state index in [9.17, 15) is 18.3 Å². The lowest BCUT2D eigenvalue weighted by atomic mass is 9.63. The van der Waals surface area contributed by atoms with Crippen molar-refractivity contribution in [1.82, 2.24) is 4.72 Å². The summed E-state index contributed by atoms with van der Waals surface area (Å²) in [6, 6.07) is 10.4. The number of rotatable bonds is 0. The molecule has 43 heavy (non-hydrogen) atoms. The fraction of sp³-hybridized carbons (Fsp3) is 0.500. The summed E-state index contributed by atoms with van der Waals surface area (Å²) in [4.78, 5) is 15.4. The van der Waals surface area contributed by atoms with Crippen LogP contribution in [0.1, 0.15) is 38.7 Å². The summed E-state index contributed by atoms with van der Waals surface area (Å²) >= 11 is 6.30. The van der Waals surface area contributed by atoms with Crippen LogP contribution in [0, 0.1) is 11.8 Å². The molecule has 2 aromatic rings. The number of aliphatic hydroxyl groups excluding tert-OH is 1. The number of benzene rings is 2. The van der Waals surface area contributed by atoms with Crippen molar-refractivity contribution < 1.29 is 32.5 Å². The molecule has 2 bridgehead atoms. The number of ether oxygens (including phenoxy) is 3. The predicted molar refractivity (Wildman–Crippen MR) is 169 cm³/mol. The normalized spacial score (nSPS) is 31.6. The van der Waals surface area contributed by atoms with Crippen molar-refractivity contribution in [2.45, 2.75) is 60.5 Å². The molecule has 2 N–H and O–H groups in total. The van der Waals surface area contributed by atoms with Gasteiger partial charge in [0.25, 0.3) is 15.9 Å². The molecule has 6 rings (SSSR count). The van der Waals surface area contributed by atoms with E-state index in [1.54, 1.807) is 40.0 Å². The number of anilines is 1. The Balaban J connectivity index is 1.45. The first kappa shape index (κ1) is 30.4. The number of sulfonamides is 1. The maximum absolute atomic E-state index is 13.6. The van der Waals surface area contributed by atoms with E-state index in [1.165, 1.54) is 19.9 Å². The van der Waals surface area contributed by atoms with Crippen molar-refractivity contribution in [3.63, 3.8) is 0 Å². The number of halogens is 1. The molecule has 0 aromatic heterocycles. The molecule has 1 aliphatic carbocycles. The molecule has 9 nitrogen and oxygen atoms in total. The first-order chi connectivity index (χ1) is 20.2. The molecular formula is C30H37B2ClN2O7S. The first-order valence-electron chi connectivity index (χ1n) is 14.8. The quantitative estimate of drug-likeness (QED) is 0.336.